The van der Waals surface area contributed by atoms with Gasteiger partial charge in [0.2, 0.25) is 0 Å². The maximum absolute atomic E-state index is 12.9. The van der Waals surface area contributed by atoms with E-state index < -0.39 is 6.10 Å². The fourth-order valence-corrected chi connectivity index (χ4v) is 7.57. The molecule has 0 fully saturated rings. The zero-order chi connectivity index (χ0) is 57.1. The van der Waals surface area contributed by atoms with Crippen LogP contribution in [-0.4, -0.2) is 37.2 Å². The zero-order valence-corrected chi connectivity index (χ0v) is 50.0. The summed E-state index contributed by atoms with van der Waals surface area (Å²) in [4.78, 5) is 38.2. The molecule has 0 spiro atoms. The third-order valence-electron chi connectivity index (χ3n) is 12.1. The molecule has 0 saturated heterocycles. The minimum atomic E-state index is -0.843. The van der Waals surface area contributed by atoms with Crippen molar-refractivity contribution in [2.24, 2.45) is 0 Å². The lowest BCUT2D eigenvalue weighted by molar-refractivity contribution is -0.167. The first-order valence-electron chi connectivity index (χ1n) is 30.9. The van der Waals surface area contributed by atoms with Gasteiger partial charge in [0.05, 0.1) is 0 Å². The van der Waals surface area contributed by atoms with E-state index in [-0.39, 0.29) is 44.0 Å². The van der Waals surface area contributed by atoms with Crippen LogP contribution >= 0.6 is 0 Å². The molecule has 6 nitrogen and oxygen atoms in total. The lowest BCUT2D eigenvalue weighted by atomic mass is 10.1. The van der Waals surface area contributed by atoms with E-state index in [1.54, 1.807) is 0 Å². The first-order valence-corrected chi connectivity index (χ1v) is 30.9. The molecule has 0 saturated carbocycles. The second kappa shape index (κ2) is 64.8. The molecule has 0 aliphatic carbocycles. The zero-order valence-electron chi connectivity index (χ0n) is 50.0. The first kappa shape index (κ1) is 73.2. The Morgan fingerprint density at radius 1 is 0.253 bits per heavy atom. The number of ether oxygens (including phenoxy) is 3. The Labute approximate surface area is 484 Å². The molecule has 0 aliphatic heterocycles. The first-order chi connectivity index (χ1) is 39.0. The summed E-state index contributed by atoms with van der Waals surface area (Å²) in [6.45, 7) is 6.18. The van der Waals surface area contributed by atoms with Crippen LogP contribution in [0.1, 0.15) is 226 Å². The Bertz CT molecular complexity index is 1920. The minimum Gasteiger partial charge on any atom is -0.462 e. The van der Waals surface area contributed by atoms with Crippen molar-refractivity contribution in [1.82, 2.24) is 0 Å². The van der Waals surface area contributed by atoms with Crippen LogP contribution in [0.5, 0.6) is 0 Å². The van der Waals surface area contributed by atoms with Crippen molar-refractivity contribution in [1.29, 1.82) is 0 Å². The number of hydrogen-bond donors (Lipinski definition) is 0. The van der Waals surface area contributed by atoms with Crippen molar-refractivity contribution >= 4 is 17.9 Å². The highest BCUT2D eigenvalue weighted by Crippen LogP contribution is 2.12. The quantitative estimate of drug-likeness (QED) is 0.0261. The molecule has 0 bridgehead atoms. The van der Waals surface area contributed by atoms with Crippen molar-refractivity contribution in [3.8, 4) is 0 Å². The molecule has 0 aromatic carbocycles. The van der Waals surface area contributed by atoms with Crippen LogP contribution in [0.3, 0.4) is 0 Å². The molecule has 79 heavy (non-hydrogen) atoms. The van der Waals surface area contributed by atoms with Crippen LogP contribution in [0, 0.1) is 0 Å². The lowest BCUT2D eigenvalue weighted by Gasteiger charge is -2.18. The molecule has 0 aliphatic rings. The normalized spacial score (nSPS) is 13.5. The van der Waals surface area contributed by atoms with E-state index in [4.69, 9.17) is 14.2 Å². The molecule has 0 aromatic heterocycles. The van der Waals surface area contributed by atoms with Crippen molar-refractivity contribution in [3.63, 3.8) is 0 Å². The van der Waals surface area contributed by atoms with Gasteiger partial charge in [0.1, 0.15) is 13.2 Å². The summed E-state index contributed by atoms with van der Waals surface area (Å²) in [5, 5.41) is 0. The predicted octanol–water partition coefficient (Wildman–Crippen LogP) is 21.4. The Morgan fingerprint density at radius 3 is 0.772 bits per heavy atom. The van der Waals surface area contributed by atoms with Gasteiger partial charge in [-0.3, -0.25) is 14.4 Å². The van der Waals surface area contributed by atoms with Crippen LogP contribution in [0.4, 0.5) is 0 Å². The highest BCUT2D eigenvalue weighted by Gasteiger charge is 2.19. The van der Waals surface area contributed by atoms with Gasteiger partial charge >= 0.3 is 17.9 Å². The number of carbonyl (C=O) groups is 3. The molecular weight excluding hydrogens is 973 g/mol. The maximum atomic E-state index is 12.9. The summed E-state index contributed by atoms with van der Waals surface area (Å²) >= 11 is 0. The number of allylic oxidation sites excluding steroid dienone is 32. The second-order valence-corrected chi connectivity index (χ2v) is 19.5. The van der Waals surface area contributed by atoms with Crippen molar-refractivity contribution < 1.29 is 28.6 Å². The van der Waals surface area contributed by atoms with Crippen LogP contribution < -0.4 is 0 Å². The molecule has 6 heteroatoms. The average Bonchev–Trinajstić information content (AvgIpc) is 3.45. The van der Waals surface area contributed by atoms with E-state index in [2.05, 4.69) is 215 Å². The molecule has 0 aromatic rings. The van der Waals surface area contributed by atoms with Gasteiger partial charge in [0, 0.05) is 19.3 Å². The fraction of sp³-hybridized carbons (Fsp3) is 0.521. The number of carbonyl (C=O) groups excluding carboxylic acids is 3. The third kappa shape index (κ3) is 63.0. The van der Waals surface area contributed by atoms with Gasteiger partial charge in [-0.05, 0) is 154 Å². The highest BCUT2D eigenvalue weighted by atomic mass is 16.6. The van der Waals surface area contributed by atoms with Crippen LogP contribution in [0.2, 0.25) is 0 Å². The van der Waals surface area contributed by atoms with Gasteiger partial charge < -0.3 is 14.2 Å². The SMILES string of the molecule is CC/C=C\C/C=C\C/C=C\C/C=C\C/C=C\C/C=C\C/C=C\CCCCCCCCCC(=O)OCC(COC(=O)CCCC/C=C\C/C=C\C/C=C\C/C=C\CC)OC(=O)CCC/C=C\C/C=C\C/C=C\C/C=C\C/C=C\CC. The Hall–Kier alpha value is -5.75. The summed E-state index contributed by atoms with van der Waals surface area (Å²) in [6.07, 6.45) is 98.7. The fourth-order valence-electron chi connectivity index (χ4n) is 7.57. The summed E-state index contributed by atoms with van der Waals surface area (Å²) in [5.74, 6) is -1.05. The van der Waals surface area contributed by atoms with E-state index in [1.807, 2.05) is 0 Å². The molecule has 0 radical (unpaired) electrons. The molecule has 0 heterocycles. The average molecular weight is 1080 g/mol. The highest BCUT2D eigenvalue weighted by molar-refractivity contribution is 5.71. The summed E-state index contributed by atoms with van der Waals surface area (Å²) in [6, 6.07) is 0. The van der Waals surface area contributed by atoms with Gasteiger partial charge in [-0.1, -0.05) is 247 Å². The van der Waals surface area contributed by atoms with Crippen molar-refractivity contribution in [2.45, 2.75) is 232 Å². The van der Waals surface area contributed by atoms with E-state index in [0.29, 0.717) is 19.3 Å². The number of rotatable bonds is 53. The summed E-state index contributed by atoms with van der Waals surface area (Å²) in [7, 11) is 0. The van der Waals surface area contributed by atoms with E-state index in [0.717, 1.165) is 154 Å². The summed E-state index contributed by atoms with van der Waals surface area (Å²) in [5.41, 5.74) is 0. The molecule has 0 N–H and O–H groups in total. The second-order valence-electron chi connectivity index (χ2n) is 19.5. The number of unbranched alkanes of at least 4 members (excludes halogenated alkanes) is 10. The number of esters is 3. The monoisotopic (exact) mass is 1080 g/mol. The maximum Gasteiger partial charge on any atom is 0.306 e. The Morgan fingerprint density at radius 2 is 0.468 bits per heavy atom. The Balaban J connectivity index is 4.49. The summed E-state index contributed by atoms with van der Waals surface area (Å²) < 4.78 is 16.8. The number of hydrogen-bond acceptors (Lipinski definition) is 6. The lowest BCUT2D eigenvalue weighted by Crippen LogP contribution is -2.30. The van der Waals surface area contributed by atoms with E-state index >= 15 is 0 Å². The topological polar surface area (TPSA) is 78.9 Å². The molecular formula is C73H110O6. The van der Waals surface area contributed by atoms with Crippen LogP contribution in [0.25, 0.3) is 0 Å². The molecule has 1 atom stereocenters. The van der Waals surface area contributed by atoms with Crippen LogP contribution in [-0.2, 0) is 28.6 Å². The van der Waals surface area contributed by atoms with Gasteiger partial charge in [-0.15, -0.1) is 0 Å². The van der Waals surface area contributed by atoms with Gasteiger partial charge in [-0.25, -0.2) is 0 Å². The van der Waals surface area contributed by atoms with Crippen molar-refractivity contribution in [3.05, 3.63) is 194 Å². The predicted molar refractivity (Wildman–Crippen MR) is 343 cm³/mol. The minimum absolute atomic E-state index is 0.131. The molecule has 438 valence electrons. The van der Waals surface area contributed by atoms with Crippen LogP contribution in [0.15, 0.2) is 194 Å². The van der Waals surface area contributed by atoms with Crippen molar-refractivity contribution in [2.75, 3.05) is 13.2 Å². The largest absolute Gasteiger partial charge is 0.462 e. The Kier molecular flexibility index (Phi) is 60.1. The molecule has 0 amide bonds. The smallest absolute Gasteiger partial charge is 0.306 e. The van der Waals surface area contributed by atoms with Gasteiger partial charge in [-0.2, -0.15) is 0 Å². The van der Waals surface area contributed by atoms with E-state index in [9.17, 15) is 14.4 Å². The van der Waals surface area contributed by atoms with E-state index in [1.165, 1.54) is 19.3 Å². The molecule has 0 rings (SSSR count). The van der Waals surface area contributed by atoms with Gasteiger partial charge in [0.25, 0.3) is 0 Å². The molecule has 1 unspecified atom stereocenters. The van der Waals surface area contributed by atoms with Gasteiger partial charge in [0.15, 0.2) is 6.10 Å². The standard InChI is InChI=1S/C73H110O6/c1-4-7-10-13-16-19-22-25-28-30-31-32-33-34-35-36-37-38-39-40-41-43-45-48-51-54-57-60-63-66-72(75)78-69-70(68-77-71(74)65-62-59-56-53-50-47-44-27-24-21-18-15-12-9-6-3)79-73(76)67-64-61-58-55-52-49-46-42-29-26-23-20-17-14-11-8-5-2/h7-12,16-21,25-29,31-32,34-35,37-38,40-41,44,46,49-50,53,55,58,70H,4-6,13-15,22-24,30,33,36,39,42-43,45,47-48,51-52,54,56-57,59-69H2,1-3H3/b10-7-,11-8-,12-9-,19-16-,20-17-,21-18-,28-25-,29-26-,32-31-,35-34-,38-37-,41-40-,44-27-,49-46-,53-50-,58-55-. The third-order valence-corrected chi connectivity index (χ3v) is 12.1.